The molecule has 7 heteroatoms. The highest BCUT2D eigenvalue weighted by Gasteiger charge is 2.26. The van der Waals surface area contributed by atoms with Gasteiger partial charge in [-0.05, 0) is 30.7 Å². The van der Waals surface area contributed by atoms with Gasteiger partial charge in [0.15, 0.2) is 0 Å². The molecule has 0 spiro atoms. The van der Waals surface area contributed by atoms with Crippen molar-refractivity contribution in [2.45, 2.75) is 32.6 Å². The molecule has 1 rings (SSSR count). The highest BCUT2D eigenvalue weighted by atomic mass is 35.5. The lowest BCUT2D eigenvalue weighted by molar-refractivity contribution is 0.257. The summed E-state index contributed by atoms with van der Waals surface area (Å²) in [7, 11) is -3.75. The molecule has 0 radical (unpaired) electrons. The highest BCUT2D eigenvalue weighted by molar-refractivity contribution is 7.93. The first kappa shape index (κ1) is 16.8. The lowest BCUT2D eigenvalue weighted by Crippen LogP contribution is -2.42. The summed E-state index contributed by atoms with van der Waals surface area (Å²) in [4.78, 5) is 11.5. The molecule has 1 aromatic carbocycles. The van der Waals surface area contributed by atoms with Crippen molar-refractivity contribution in [2.24, 2.45) is 5.73 Å². The molecular weight excluding hydrogens is 300 g/mol. The van der Waals surface area contributed by atoms with E-state index in [0.717, 1.165) is 19.3 Å². The zero-order chi connectivity index (χ0) is 15.2. The number of primary amides is 1. The Morgan fingerprint density at radius 1 is 1.20 bits per heavy atom. The van der Waals surface area contributed by atoms with Crippen LogP contribution in [0.25, 0.3) is 0 Å². The number of rotatable bonds is 7. The number of carbonyl (C=O) groups is 1. The van der Waals surface area contributed by atoms with E-state index in [1.54, 1.807) is 0 Å². The monoisotopic (exact) mass is 318 g/mol. The zero-order valence-electron chi connectivity index (χ0n) is 11.4. The third-order valence-corrected chi connectivity index (χ3v) is 4.80. The van der Waals surface area contributed by atoms with Crippen LogP contribution in [0.3, 0.4) is 0 Å². The number of anilines is 1. The van der Waals surface area contributed by atoms with Gasteiger partial charge < -0.3 is 5.73 Å². The van der Waals surface area contributed by atoms with E-state index in [9.17, 15) is 13.2 Å². The molecule has 0 saturated carbocycles. The Bertz CT molecular complexity index is 543. The van der Waals surface area contributed by atoms with Crippen molar-refractivity contribution < 1.29 is 13.2 Å². The Kier molecular flexibility index (Phi) is 6.29. The van der Waals surface area contributed by atoms with Crippen LogP contribution in [0.15, 0.2) is 24.3 Å². The first-order chi connectivity index (χ1) is 9.38. The molecule has 0 atom stereocenters. The van der Waals surface area contributed by atoms with Gasteiger partial charge in [0, 0.05) is 5.02 Å². The molecule has 0 heterocycles. The molecule has 0 aromatic heterocycles. The van der Waals surface area contributed by atoms with E-state index >= 15 is 0 Å². The number of carbonyl (C=O) groups excluding carboxylic acids is 1. The molecule has 0 aliphatic carbocycles. The minimum atomic E-state index is -3.75. The Hall–Kier alpha value is -1.27. The fourth-order valence-electron chi connectivity index (χ4n) is 1.80. The van der Waals surface area contributed by atoms with Crippen LogP contribution in [0, 0.1) is 0 Å². The van der Waals surface area contributed by atoms with E-state index in [-0.39, 0.29) is 11.4 Å². The number of unbranched alkanes of at least 4 members (excludes halogenated alkanes) is 3. The number of hydrogen-bond donors (Lipinski definition) is 1. The van der Waals surface area contributed by atoms with Crippen LogP contribution in [0.5, 0.6) is 0 Å². The summed E-state index contributed by atoms with van der Waals surface area (Å²) in [6.45, 7) is 2.04. The molecule has 0 bridgehead atoms. The van der Waals surface area contributed by atoms with Gasteiger partial charge in [-0.3, -0.25) is 0 Å². The third-order valence-electron chi connectivity index (χ3n) is 2.80. The van der Waals surface area contributed by atoms with Crippen LogP contribution >= 0.6 is 11.6 Å². The zero-order valence-corrected chi connectivity index (χ0v) is 13.0. The lowest BCUT2D eigenvalue weighted by atomic mass is 10.2. The maximum Gasteiger partial charge on any atom is 0.333 e. The number of halogens is 1. The molecule has 0 aliphatic heterocycles. The molecule has 1 aromatic rings. The van der Waals surface area contributed by atoms with Gasteiger partial charge >= 0.3 is 6.03 Å². The van der Waals surface area contributed by atoms with Crippen molar-refractivity contribution in [3.8, 4) is 0 Å². The molecule has 2 N–H and O–H groups in total. The van der Waals surface area contributed by atoms with Crippen molar-refractivity contribution >= 4 is 33.3 Å². The second-order valence-electron chi connectivity index (χ2n) is 4.46. The number of urea groups is 1. The maximum absolute atomic E-state index is 12.2. The van der Waals surface area contributed by atoms with Crippen LogP contribution in [0.2, 0.25) is 5.02 Å². The van der Waals surface area contributed by atoms with Crippen LogP contribution in [-0.4, -0.2) is 20.2 Å². The first-order valence-corrected chi connectivity index (χ1v) is 8.45. The van der Waals surface area contributed by atoms with Crippen molar-refractivity contribution in [2.75, 3.05) is 10.1 Å². The fourth-order valence-corrected chi connectivity index (χ4v) is 3.40. The average Bonchev–Trinajstić information content (AvgIpc) is 2.37. The predicted octanol–water partition coefficient (Wildman–Crippen LogP) is 3.14. The van der Waals surface area contributed by atoms with Gasteiger partial charge in [0.2, 0.25) is 10.0 Å². The summed E-state index contributed by atoms with van der Waals surface area (Å²) in [6, 6.07) is 4.93. The normalized spacial score (nSPS) is 11.3. The van der Waals surface area contributed by atoms with Gasteiger partial charge in [-0.25, -0.2) is 13.2 Å². The van der Waals surface area contributed by atoms with E-state index in [1.165, 1.54) is 24.3 Å². The van der Waals surface area contributed by atoms with Gasteiger partial charge in [-0.15, -0.1) is 0 Å². The SMILES string of the molecule is CCCCCCS(=O)(=O)N(C(N)=O)c1ccc(Cl)cc1. The molecule has 5 nitrogen and oxygen atoms in total. The number of benzene rings is 1. The van der Waals surface area contributed by atoms with Crippen LogP contribution in [0.4, 0.5) is 10.5 Å². The molecule has 0 unspecified atom stereocenters. The second-order valence-corrected chi connectivity index (χ2v) is 6.83. The maximum atomic E-state index is 12.2. The molecular formula is C13H19ClN2O3S. The summed E-state index contributed by atoms with van der Waals surface area (Å²) in [5, 5.41) is 0.457. The summed E-state index contributed by atoms with van der Waals surface area (Å²) in [5.41, 5.74) is 5.40. The Morgan fingerprint density at radius 2 is 1.80 bits per heavy atom. The topological polar surface area (TPSA) is 80.5 Å². The van der Waals surface area contributed by atoms with Crippen molar-refractivity contribution in [1.82, 2.24) is 0 Å². The minimum absolute atomic E-state index is 0.0986. The molecule has 0 saturated heterocycles. The number of amides is 2. The fraction of sp³-hybridized carbons (Fsp3) is 0.462. The largest absolute Gasteiger partial charge is 0.350 e. The van der Waals surface area contributed by atoms with Gasteiger partial charge in [-0.2, -0.15) is 4.31 Å². The highest BCUT2D eigenvalue weighted by Crippen LogP contribution is 2.21. The van der Waals surface area contributed by atoms with Crippen LogP contribution in [-0.2, 0) is 10.0 Å². The second kappa shape index (κ2) is 7.50. The Labute approximate surface area is 124 Å². The molecule has 20 heavy (non-hydrogen) atoms. The van der Waals surface area contributed by atoms with Crippen LogP contribution in [0.1, 0.15) is 32.6 Å². The molecule has 2 amide bonds. The Balaban J connectivity index is 2.90. The van der Waals surface area contributed by atoms with E-state index in [4.69, 9.17) is 17.3 Å². The summed E-state index contributed by atoms with van der Waals surface area (Å²) in [5.74, 6) is -0.0986. The lowest BCUT2D eigenvalue weighted by Gasteiger charge is -2.20. The summed E-state index contributed by atoms with van der Waals surface area (Å²) in [6.07, 6.45) is 3.29. The Morgan fingerprint density at radius 3 is 2.30 bits per heavy atom. The van der Waals surface area contributed by atoms with Crippen molar-refractivity contribution in [1.29, 1.82) is 0 Å². The van der Waals surface area contributed by atoms with Crippen molar-refractivity contribution in [3.05, 3.63) is 29.3 Å². The predicted molar refractivity (Wildman–Crippen MR) is 81.4 cm³/mol. The number of nitrogens with zero attached hydrogens (tertiary/aromatic N) is 1. The van der Waals surface area contributed by atoms with Gasteiger partial charge in [0.05, 0.1) is 11.4 Å². The van der Waals surface area contributed by atoms with Crippen LogP contribution < -0.4 is 10.0 Å². The van der Waals surface area contributed by atoms with Gasteiger partial charge in [-0.1, -0.05) is 37.8 Å². The number of hydrogen-bond acceptors (Lipinski definition) is 3. The first-order valence-electron chi connectivity index (χ1n) is 6.46. The summed E-state index contributed by atoms with van der Waals surface area (Å²) < 4.78 is 25.1. The quantitative estimate of drug-likeness (QED) is 0.784. The van der Waals surface area contributed by atoms with E-state index in [0.29, 0.717) is 15.7 Å². The molecule has 0 fully saturated rings. The van der Waals surface area contributed by atoms with E-state index in [2.05, 4.69) is 0 Å². The molecule has 112 valence electrons. The minimum Gasteiger partial charge on any atom is -0.350 e. The van der Waals surface area contributed by atoms with Gasteiger partial charge in [0.1, 0.15) is 0 Å². The summed E-state index contributed by atoms with van der Waals surface area (Å²) >= 11 is 5.74. The smallest absolute Gasteiger partial charge is 0.333 e. The van der Waals surface area contributed by atoms with E-state index in [1.807, 2.05) is 6.92 Å². The van der Waals surface area contributed by atoms with Gasteiger partial charge in [0.25, 0.3) is 0 Å². The molecule has 0 aliphatic rings. The third kappa shape index (κ3) is 4.68. The number of sulfonamides is 1. The van der Waals surface area contributed by atoms with E-state index < -0.39 is 16.1 Å². The number of nitrogens with two attached hydrogens (primary N) is 1. The average molecular weight is 319 g/mol. The van der Waals surface area contributed by atoms with Crippen molar-refractivity contribution in [3.63, 3.8) is 0 Å². The standard InChI is InChI=1S/C13H19ClN2O3S/c1-2-3-4-5-10-20(18,19)16(13(15)17)12-8-6-11(14)7-9-12/h6-9H,2-5,10H2,1H3,(H2,15,17).